The first-order valence-electron chi connectivity index (χ1n) is 0.200. The van der Waals surface area contributed by atoms with Crippen molar-refractivity contribution < 1.29 is 16.5 Å². The quantitative estimate of drug-likeness (QED) is 0.434. The van der Waals surface area contributed by atoms with E-state index in [9.17, 15) is 0 Å². The number of hydrogen-bond donors (Lipinski definition) is 0. The predicted octanol–water partition coefficient (Wildman–Crippen LogP) is -1.95. The molecule has 26 valence electrons. The summed E-state index contributed by atoms with van der Waals surface area (Å²) in [7, 11) is 0. The summed E-state index contributed by atoms with van der Waals surface area (Å²) >= 11 is 4.50. The van der Waals surface area contributed by atoms with Crippen LogP contribution in [0.3, 0.4) is 0 Å². The van der Waals surface area contributed by atoms with Crippen molar-refractivity contribution in [2.45, 2.75) is 0 Å². The van der Waals surface area contributed by atoms with Crippen LogP contribution in [0.1, 0.15) is 0 Å². The summed E-state index contributed by atoms with van der Waals surface area (Å²) in [5, 5.41) is 0. The van der Waals surface area contributed by atoms with Crippen molar-refractivity contribution in [2.75, 3.05) is 0 Å². The first-order valence-corrected chi connectivity index (χ1v) is 5.40. The van der Waals surface area contributed by atoms with E-state index in [1.807, 2.05) is 0 Å². The summed E-state index contributed by atoms with van der Waals surface area (Å²) in [5.74, 6) is 0. The van der Waals surface area contributed by atoms with Gasteiger partial charge in [0.2, 0.25) is 0 Å². The molecule has 0 fully saturated rings. The normalized spacial score (nSPS) is 1.50. The monoisotopic (exact) mass is 244 g/mol. The Morgan fingerprint density at radius 2 is 1.00 bits per heavy atom. The molecular weight excluding hydrogens is 240 g/mol. The van der Waals surface area contributed by atoms with E-state index < -0.39 is 0 Å². The van der Waals surface area contributed by atoms with Crippen LogP contribution in [0, 0.1) is 0 Å². The van der Waals surface area contributed by atoms with E-state index in [1.54, 1.807) is 0 Å². The molecule has 0 saturated heterocycles. The van der Waals surface area contributed by atoms with Crippen molar-refractivity contribution in [2.24, 2.45) is 0 Å². The second-order valence-electron chi connectivity index (χ2n) is 0. The van der Waals surface area contributed by atoms with E-state index in [0.717, 1.165) is 0 Å². The van der Waals surface area contributed by atoms with E-state index in [4.69, 9.17) is 0 Å². The molecule has 0 aromatic heterocycles. The molecular formula is H3NaNiSe2. The van der Waals surface area contributed by atoms with Crippen LogP contribution in [0.25, 0.3) is 0 Å². The molecule has 0 aliphatic carbocycles. The Hall–Kier alpha value is 2.53. The van der Waals surface area contributed by atoms with Crippen molar-refractivity contribution >= 4 is 57.9 Å². The fourth-order valence-corrected chi connectivity index (χ4v) is 0. The zero-order valence-corrected chi connectivity index (χ0v) is 5.95. The van der Waals surface area contributed by atoms with Gasteiger partial charge >= 0.3 is 57.9 Å². The third kappa shape index (κ3) is 8.82. The topological polar surface area (TPSA) is 0 Å². The minimum atomic E-state index is 0. The third-order valence-electron chi connectivity index (χ3n) is 0. The fraction of sp³-hybridized carbons (Fsp3) is 0. The minimum absolute atomic E-state index is 0. The molecule has 0 aromatic carbocycles. The van der Waals surface area contributed by atoms with E-state index >= 15 is 0 Å². The maximum atomic E-state index is 2.25. The summed E-state index contributed by atoms with van der Waals surface area (Å²) in [6.07, 6.45) is 0. The molecule has 0 atom stereocenters. The van der Waals surface area contributed by atoms with Crippen molar-refractivity contribution in [3.05, 3.63) is 0 Å². The Morgan fingerprint density at radius 3 is 1.00 bits per heavy atom. The zero-order chi connectivity index (χ0) is 2.00. The van der Waals surface area contributed by atoms with Gasteiger partial charge in [-0.15, -0.1) is 0 Å². The average Bonchev–Trinajstić information content (AvgIpc) is 1.00. The molecule has 0 amide bonds. The second-order valence-corrected chi connectivity index (χ2v) is 0. The fourth-order valence-electron chi connectivity index (χ4n) is 0. The van der Waals surface area contributed by atoms with Crippen LogP contribution < -0.4 is 0 Å². The number of hydrogen-bond acceptors (Lipinski definition) is 0. The molecule has 0 rings (SSSR count). The van der Waals surface area contributed by atoms with Gasteiger partial charge in [0, 0.05) is 16.5 Å². The standard InChI is InChI=1S/Na.Ni.H2Se2.H/c;;1-2;/h;;1-2H;. The van der Waals surface area contributed by atoms with Gasteiger partial charge in [-0.25, -0.2) is 0 Å². The molecule has 0 aromatic rings. The number of rotatable bonds is 0. The van der Waals surface area contributed by atoms with Gasteiger partial charge < -0.3 is 0 Å². The SMILES string of the molecule is [NaH].[Ni].[SeH][SeH]. The maximum absolute atomic E-state index is 2.25. The molecule has 0 nitrogen and oxygen atoms in total. The van der Waals surface area contributed by atoms with Crippen LogP contribution >= 0.6 is 0 Å². The summed E-state index contributed by atoms with van der Waals surface area (Å²) in [6.45, 7) is 0. The molecule has 4 heteroatoms. The summed E-state index contributed by atoms with van der Waals surface area (Å²) in [4.78, 5) is 0. The second kappa shape index (κ2) is 17.7. The van der Waals surface area contributed by atoms with Crippen LogP contribution in [0.2, 0.25) is 0 Å². The van der Waals surface area contributed by atoms with E-state index in [0.29, 0.717) is 0 Å². The summed E-state index contributed by atoms with van der Waals surface area (Å²) in [6, 6.07) is 0. The van der Waals surface area contributed by atoms with E-state index in [2.05, 4.69) is 28.4 Å². The third-order valence-corrected chi connectivity index (χ3v) is 0. The molecule has 0 N–H and O–H groups in total. The van der Waals surface area contributed by atoms with Crippen molar-refractivity contribution in [1.82, 2.24) is 0 Å². The van der Waals surface area contributed by atoms with Crippen LogP contribution in [-0.4, -0.2) is 57.9 Å². The van der Waals surface area contributed by atoms with Crippen LogP contribution in [0.15, 0.2) is 0 Å². The first kappa shape index (κ1) is 16.0. The molecule has 0 unspecified atom stereocenters. The Kier molecular flexibility index (Phi) is 71.0. The Labute approximate surface area is 73.3 Å². The molecule has 0 radical (unpaired) electrons. The molecule has 0 heterocycles. The van der Waals surface area contributed by atoms with Gasteiger partial charge in [0.25, 0.3) is 0 Å². The van der Waals surface area contributed by atoms with Crippen molar-refractivity contribution in [3.63, 3.8) is 0 Å². The summed E-state index contributed by atoms with van der Waals surface area (Å²) < 4.78 is 0. The van der Waals surface area contributed by atoms with Crippen molar-refractivity contribution in [1.29, 1.82) is 0 Å². The molecule has 4 heavy (non-hydrogen) atoms. The Balaban J connectivity index is -0.00000000500. The molecule has 0 aliphatic heterocycles. The van der Waals surface area contributed by atoms with E-state index in [1.165, 1.54) is 0 Å². The van der Waals surface area contributed by atoms with Crippen LogP contribution in [0.5, 0.6) is 0 Å². The summed E-state index contributed by atoms with van der Waals surface area (Å²) in [5.41, 5.74) is 0. The molecule has 0 saturated carbocycles. The van der Waals surface area contributed by atoms with Crippen molar-refractivity contribution in [3.8, 4) is 0 Å². The van der Waals surface area contributed by atoms with Crippen LogP contribution in [-0.2, 0) is 16.5 Å². The first-order chi connectivity index (χ1) is 1.00. The van der Waals surface area contributed by atoms with E-state index in [-0.39, 0.29) is 46.0 Å². The molecule has 0 spiro atoms. The van der Waals surface area contributed by atoms with Gasteiger partial charge in [0.1, 0.15) is 0 Å². The Bertz CT molecular complexity index is 6.00. The average molecular weight is 243 g/mol. The van der Waals surface area contributed by atoms with Gasteiger partial charge in [-0.05, 0) is 0 Å². The van der Waals surface area contributed by atoms with Crippen LogP contribution in [0.4, 0.5) is 0 Å². The predicted molar refractivity (Wildman–Crippen MR) is 21.4 cm³/mol. The van der Waals surface area contributed by atoms with Gasteiger partial charge in [-0.3, -0.25) is 0 Å². The molecule has 0 aliphatic rings. The van der Waals surface area contributed by atoms with Gasteiger partial charge in [-0.2, -0.15) is 0 Å². The van der Waals surface area contributed by atoms with Gasteiger partial charge in [0.05, 0.1) is 0 Å². The Morgan fingerprint density at radius 1 is 1.00 bits per heavy atom. The van der Waals surface area contributed by atoms with Gasteiger partial charge in [-0.1, -0.05) is 0 Å². The zero-order valence-electron chi connectivity index (χ0n) is 1.21. The van der Waals surface area contributed by atoms with Gasteiger partial charge in [0.15, 0.2) is 0 Å². The molecule has 0 bridgehead atoms.